The molecule has 0 bridgehead atoms. The Balaban J connectivity index is 1.45. The van der Waals surface area contributed by atoms with Gasteiger partial charge in [0.05, 0.1) is 19.1 Å². The number of rotatable bonds is 4. The van der Waals surface area contributed by atoms with Gasteiger partial charge in [-0.2, -0.15) is 0 Å². The van der Waals surface area contributed by atoms with Crippen molar-refractivity contribution in [2.75, 3.05) is 26.7 Å². The number of carbonyl (C=O) groups is 2. The van der Waals surface area contributed by atoms with E-state index in [9.17, 15) is 9.59 Å². The van der Waals surface area contributed by atoms with Gasteiger partial charge in [-0.25, -0.2) is 0 Å². The first-order chi connectivity index (χ1) is 14.6. The summed E-state index contributed by atoms with van der Waals surface area (Å²) in [5.41, 5.74) is 1.76. The first-order valence-corrected chi connectivity index (χ1v) is 10.9. The van der Waals surface area contributed by atoms with Crippen LogP contribution in [0.1, 0.15) is 47.6 Å². The Hall–Kier alpha value is -2.53. The Labute approximate surface area is 182 Å². The number of carbonyl (C=O) groups excluding carboxylic acids is 2. The minimum atomic E-state index is -0.145. The molecular formula is C24H27ClN2O3. The van der Waals surface area contributed by atoms with E-state index in [1.54, 1.807) is 31.4 Å². The van der Waals surface area contributed by atoms with E-state index in [4.69, 9.17) is 16.3 Å². The van der Waals surface area contributed by atoms with Crippen LogP contribution in [0.25, 0.3) is 0 Å². The first kappa shape index (κ1) is 20.7. The lowest BCUT2D eigenvalue weighted by atomic mass is 9.94. The van der Waals surface area contributed by atoms with Gasteiger partial charge in [0.25, 0.3) is 5.91 Å². The molecule has 2 amide bonds. The zero-order valence-electron chi connectivity index (χ0n) is 17.2. The fraction of sp³-hybridized carbons (Fsp3) is 0.417. The molecule has 2 unspecified atom stereocenters. The molecule has 2 atom stereocenters. The molecule has 2 aromatic carbocycles. The molecule has 2 fully saturated rings. The van der Waals surface area contributed by atoms with Gasteiger partial charge in [-0.3, -0.25) is 9.59 Å². The van der Waals surface area contributed by atoms with E-state index in [1.165, 1.54) is 0 Å². The number of ether oxygens (including phenoxy) is 1. The van der Waals surface area contributed by atoms with Crippen molar-refractivity contribution in [2.45, 2.75) is 31.7 Å². The van der Waals surface area contributed by atoms with Crippen LogP contribution in [-0.4, -0.2) is 48.4 Å². The number of nitrogens with zero attached hydrogens (tertiary/aromatic N) is 2. The molecule has 0 radical (unpaired) electrons. The lowest BCUT2D eigenvalue weighted by Crippen LogP contribution is -2.46. The van der Waals surface area contributed by atoms with Crippen molar-refractivity contribution in [3.63, 3.8) is 0 Å². The van der Waals surface area contributed by atoms with Crippen LogP contribution >= 0.6 is 11.6 Å². The molecule has 30 heavy (non-hydrogen) atoms. The summed E-state index contributed by atoms with van der Waals surface area (Å²) in [7, 11) is 1.65. The molecule has 6 heteroatoms. The average molecular weight is 427 g/mol. The minimum absolute atomic E-state index is 0.0303. The molecule has 4 rings (SSSR count). The maximum absolute atomic E-state index is 13.4. The highest BCUT2D eigenvalue weighted by atomic mass is 35.5. The van der Waals surface area contributed by atoms with Crippen LogP contribution in [-0.2, 0) is 4.79 Å². The predicted molar refractivity (Wildman–Crippen MR) is 117 cm³/mol. The summed E-state index contributed by atoms with van der Waals surface area (Å²) >= 11 is 5.94. The monoisotopic (exact) mass is 426 g/mol. The summed E-state index contributed by atoms with van der Waals surface area (Å²) in [4.78, 5) is 30.1. The normalized spacial score (nSPS) is 21.5. The van der Waals surface area contributed by atoms with Crippen LogP contribution in [0.5, 0.6) is 5.75 Å². The predicted octanol–water partition coefficient (Wildman–Crippen LogP) is 4.56. The summed E-state index contributed by atoms with van der Waals surface area (Å²) in [6.45, 7) is 1.94. The Morgan fingerprint density at radius 3 is 2.37 bits per heavy atom. The van der Waals surface area contributed by atoms with E-state index in [0.717, 1.165) is 43.5 Å². The van der Waals surface area contributed by atoms with Gasteiger partial charge in [-0.15, -0.1) is 0 Å². The van der Waals surface area contributed by atoms with Crippen molar-refractivity contribution in [3.05, 3.63) is 64.7 Å². The van der Waals surface area contributed by atoms with Crippen LogP contribution in [0.3, 0.4) is 0 Å². The summed E-state index contributed by atoms with van der Waals surface area (Å²) in [5.74, 6) is 0.811. The number of halogens is 1. The van der Waals surface area contributed by atoms with Gasteiger partial charge in [0.2, 0.25) is 5.91 Å². The summed E-state index contributed by atoms with van der Waals surface area (Å²) in [6.07, 6.45) is 3.65. The second-order valence-electron chi connectivity index (χ2n) is 8.06. The molecule has 0 N–H and O–H groups in total. The molecule has 2 aromatic rings. The smallest absolute Gasteiger partial charge is 0.253 e. The highest BCUT2D eigenvalue weighted by molar-refractivity contribution is 6.30. The van der Waals surface area contributed by atoms with Gasteiger partial charge in [0.1, 0.15) is 5.75 Å². The van der Waals surface area contributed by atoms with E-state index in [0.29, 0.717) is 23.7 Å². The maximum atomic E-state index is 13.4. The molecule has 0 aliphatic carbocycles. The van der Waals surface area contributed by atoms with Gasteiger partial charge in [-0.05, 0) is 67.6 Å². The topological polar surface area (TPSA) is 49.9 Å². The second-order valence-corrected chi connectivity index (χ2v) is 8.50. The van der Waals surface area contributed by atoms with Crippen molar-refractivity contribution >= 4 is 23.4 Å². The third kappa shape index (κ3) is 4.31. The summed E-state index contributed by atoms with van der Waals surface area (Å²) < 4.78 is 5.25. The molecule has 158 valence electrons. The Morgan fingerprint density at radius 2 is 1.67 bits per heavy atom. The van der Waals surface area contributed by atoms with E-state index < -0.39 is 0 Å². The molecule has 2 aliphatic heterocycles. The molecule has 0 aromatic heterocycles. The van der Waals surface area contributed by atoms with E-state index in [-0.39, 0.29) is 23.8 Å². The van der Waals surface area contributed by atoms with Gasteiger partial charge < -0.3 is 14.5 Å². The highest BCUT2D eigenvalue weighted by Gasteiger charge is 2.36. The maximum Gasteiger partial charge on any atom is 0.253 e. The molecule has 0 saturated carbocycles. The lowest BCUT2D eigenvalue weighted by Gasteiger charge is -2.36. The van der Waals surface area contributed by atoms with Crippen LogP contribution in [0.2, 0.25) is 5.02 Å². The SMILES string of the molecule is COc1ccc(C2CCCN2C(=O)C2CCCN(C(=O)c3ccc(Cl)cc3)C2)cc1. The zero-order chi connectivity index (χ0) is 21.1. The van der Waals surface area contributed by atoms with E-state index >= 15 is 0 Å². The molecule has 0 spiro atoms. The van der Waals surface area contributed by atoms with Crippen LogP contribution in [0, 0.1) is 5.92 Å². The molecule has 5 nitrogen and oxygen atoms in total. The Bertz CT molecular complexity index is 898. The highest BCUT2D eigenvalue weighted by Crippen LogP contribution is 2.35. The van der Waals surface area contributed by atoms with E-state index in [1.807, 2.05) is 34.1 Å². The molecule has 2 heterocycles. The fourth-order valence-electron chi connectivity index (χ4n) is 4.58. The fourth-order valence-corrected chi connectivity index (χ4v) is 4.70. The third-order valence-corrected chi connectivity index (χ3v) is 6.44. The van der Waals surface area contributed by atoms with Gasteiger partial charge in [0, 0.05) is 30.2 Å². The van der Waals surface area contributed by atoms with Crippen LogP contribution in [0.4, 0.5) is 0 Å². The number of likely N-dealkylation sites (tertiary alicyclic amines) is 2. The van der Waals surface area contributed by atoms with Gasteiger partial charge in [-0.1, -0.05) is 23.7 Å². The molecule has 2 saturated heterocycles. The number of amides is 2. The third-order valence-electron chi connectivity index (χ3n) is 6.19. The molecule has 2 aliphatic rings. The van der Waals surface area contributed by atoms with Crippen LogP contribution in [0.15, 0.2) is 48.5 Å². The van der Waals surface area contributed by atoms with Crippen molar-refractivity contribution in [2.24, 2.45) is 5.92 Å². The van der Waals surface area contributed by atoms with Gasteiger partial charge in [0.15, 0.2) is 0 Å². The summed E-state index contributed by atoms with van der Waals surface area (Å²) in [6, 6.07) is 15.0. The number of piperidine rings is 1. The quantitative estimate of drug-likeness (QED) is 0.719. The molecular weight excluding hydrogens is 400 g/mol. The average Bonchev–Trinajstić information content (AvgIpc) is 3.28. The lowest BCUT2D eigenvalue weighted by molar-refractivity contribution is -0.137. The minimum Gasteiger partial charge on any atom is -0.497 e. The first-order valence-electron chi connectivity index (χ1n) is 10.6. The number of hydrogen-bond acceptors (Lipinski definition) is 3. The van der Waals surface area contributed by atoms with Crippen molar-refractivity contribution < 1.29 is 14.3 Å². The number of hydrogen-bond donors (Lipinski definition) is 0. The summed E-state index contributed by atoms with van der Waals surface area (Å²) in [5, 5.41) is 0.608. The van der Waals surface area contributed by atoms with Crippen LogP contribution < -0.4 is 4.74 Å². The van der Waals surface area contributed by atoms with Crippen molar-refractivity contribution in [1.82, 2.24) is 9.80 Å². The standard InChI is InChI=1S/C24H27ClN2O3/c1-30-21-12-8-17(9-13-21)22-5-3-15-27(22)24(29)19-4-2-14-26(16-19)23(28)18-6-10-20(25)11-7-18/h6-13,19,22H,2-5,14-16H2,1H3. The Kier molecular flexibility index (Phi) is 6.28. The second kappa shape index (κ2) is 9.09. The van der Waals surface area contributed by atoms with Crippen molar-refractivity contribution in [3.8, 4) is 5.75 Å². The zero-order valence-corrected chi connectivity index (χ0v) is 18.0. The van der Waals surface area contributed by atoms with Crippen molar-refractivity contribution in [1.29, 1.82) is 0 Å². The van der Waals surface area contributed by atoms with E-state index in [2.05, 4.69) is 0 Å². The van der Waals surface area contributed by atoms with Gasteiger partial charge >= 0.3 is 0 Å². The number of methoxy groups -OCH3 is 1. The Morgan fingerprint density at radius 1 is 0.967 bits per heavy atom. The largest absolute Gasteiger partial charge is 0.497 e. The number of benzene rings is 2.